The van der Waals surface area contributed by atoms with Gasteiger partial charge in [0.2, 0.25) is 11.8 Å². The van der Waals surface area contributed by atoms with Crippen molar-refractivity contribution >= 4 is 34.7 Å². The Labute approximate surface area is 211 Å². The molecular weight excluding hydrogens is 462 g/mol. The molecule has 9 nitrogen and oxygen atoms in total. The number of amides is 2. The lowest BCUT2D eigenvalue weighted by atomic mass is 9.84. The Morgan fingerprint density at radius 1 is 1.17 bits per heavy atom. The second-order valence-electron chi connectivity index (χ2n) is 9.91. The molecule has 1 unspecified atom stereocenters. The van der Waals surface area contributed by atoms with E-state index in [1.807, 2.05) is 44.3 Å². The minimum Gasteiger partial charge on any atom is -0.481 e. The molecular formula is C27H37N3O6. The highest BCUT2D eigenvalue weighted by Gasteiger charge is 2.41. The Morgan fingerprint density at radius 3 is 2.58 bits per heavy atom. The van der Waals surface area contributed by atoms with Crippen LogP contribution in [0.2, 0.25) is 0 Å². The molecule has 3 N–H and O–H groups in total. The highest BCUT2D eigenvalue weighted by Crippen LogP contribution is 2.26. The average molecular weight is 500 g/mol. The molecule has 1 aromatic carbocycles. The molecule has 2 amide bonds. The van der Waals surface area contributed by atoms with Crippen LogP contribution in [0, 0.1) is 17.8 Å². The number of aryl methyl sites for hydroxylation is 1. The van der Waals surface area contributed by atoms with Crippen LogP contribution in [0.5, 0.6) is 0 Å². The minimum absolute atomic E-state index is 0.0564. The van der Waals surface area contributed by atoms with Crippen LogP contribution in [-0.4, -0.2) is 53.1 Å². The van der Waals surface area contributed by atoms with E-state index < -0.39 is 35.7 Å². The van der Waals surface area contributed by atoms with E-state index in [4.69, 9.17) is 0 Å². The molecule has 0 spiro atoms. The molecule has 2 bridgehead atoms. The fourth-order valence-electron chi connectivity index (χ4n) is 4.94. The van der Waals surface area contributed by atoms with Crippen molar-refractivity contribution in [3.8, 4) is 0 Å². The highest BCUT2D eigenvalue weighted by molar-refractivity contribution is 6.00. The third-order valence-corrected chi connectivity index (χ3v) is 6.74. The van der Waals surface area contributed by atoms with Crippen LogP contribution in [0.15, 0.2) is 30.5 Å². The van der Waals surface area contributed by atoms with Gasteiger partial charge in [-0.2, -0.15) is 0 Å². The van der Waals surface area contributed by atoms with Crippen molar-refractivity contribution in [2.45, 2.75) is 65.0 Å². The van der Waals surface area contributed by atoms with Gasteiger partial charge in [0, 0.05) is 36.6 Å². The predicted octanol–water partition coefficient (Wildman–Crippen LogP) is 2.89. The summed E-state index contributed by atoms with van der Waals surface area (Å²) in [5.41, 5.74) is 2.00. The number of aromatic nitrogens is 1. The van der Waals surface area contributed by atoms with Gasteiger partial charge >= 0.3 is 11.9 Å². The fraction of sp³-hybridized carbons (Fsp3) is 0.556. The fourth-order valence-corrected chi connectivity index (χ4v) is 4.94. The van der Waals surface area contributed by atoms with Crippen LogP contribution < -0.4 is 10.6 Å². The third kappa shape index (κ3) is 6.65. The average Bonchev–Trinajstić information content (AvgIpc) is 3.19. The Hall–Kier alpha value is -3.36. The van der Waals surface area contributed by atoms with E-state index in [1.165, 1.54) is 0 Å². The number of aliphatic carboxylic acids is 1. The molecule has 9 heteroatoms. The molecule has 0 saturated heterocycles. The van der Waals surface area contributed by atoms with Gasteiger partial charge in [0.25, 0.3) is 0 Å². The lowest BCUT2D eigenvalue weighted by molar-refractivity contribution is -0.162. The number of esters is 1. The minimum atomic E-state index is -1.66. The molecule has 2 aromatic rings. The zero-order valence-corrected chi connectivity index (χ0v) is 21.3. The number of carboxylic acid groups (broad SMARTS) is 1. The van der Waals surface area contributed by atoms with Gasteiger partial charge in [-0.3, -0.25) is 19.2 Å². The van der Waals surface area contributed by atoms with E-state index >= 15 is 0 Å². The number of hydrogen-bond donors (Lipinski definition) is 3. The smallest absolute Gasteiger partial charge is 0.320 e. The van der Waals surface area contributed by atoms with Gasteiger partial charge in [0.15, 0.2) is 5.92 Å². The normalized spacial score (nSPS) is 18.8. The van der Waals surface area contributed by atoms with Crippen LogP contribution in [0.4, 0.5) is 0 Å². The van der Waals surface area contributed by atoms with Crippen molar-refractivity contribution in [1.29, 1.82) is 0 Å². The molecule has 0 saturated carbocycles. The van der Waals surface area contributed by atoms with E-state index in [0.717, 1.165) is 55.8 Å². The molecule has 2 heterocycles. The number of nitrogens with zero attached hydrogens (tertiary/aromatic N) is 1. The summed E-state index contributed by atoms with van der Waals surface area (Å²) in [4.78, 5) is 50.9. The van der Waals surface area contributed by atoms with Crippen molar-refractivity contribution in [2.24, 2.45) is 17.8 Å². The summed E-state index contributed by atoms with van der Waals surface area (Å²) in [5.74, 6) is -6.26. The summed E-state index contributed by atoms with van der Waals surface area (Å²) in [6, 6.07) is 7.06. The first-order valence-corrected chi connectivity index (χ1v) is 12.7. The van der Waals surface area contributed by atoms with Crippen LogP contribution in [0.25, 0.3) is 10.9 Å². The van der Waals surface area contributed by atoms with Crippen molar-refractivity contribution in [3.63, 3.8) is 0 Å². The monoisotopic (exact) mass is 499 g/mol. The Kier molecular flexibility index (Phi) is 9.50. The van der Waals surface area contributed by atoms with Crippen LogP contribution >= 0.6 is 0 Å². The Balaban J connectivity index is 1.95. The topological polar surface area (TPSA) is 127 Å². The van der Waals surface area contributed by atoms with Crippen molar-refractivity contribution in [2.75, 3.05) is 13.7 Å². The first-order valence-electron chi connectivity index (χ1n) is 12.7. The van der Waals surface area contributed by atoms with Crippen LogP contribution in [-0.2, 0) is 36.9 Å². The maximum absolute atomic E-state index is 13.4. The van der Waals surface area contributed by atoms with E-state index in [-0.39, 0.29) is 24.7 Å². The van der Waals surface area contributed by atoms with E-state index in [1.54, 1.807) is 0 Å². The molecule has 0 fully saturated rings. The largest absolute Gasteiger partial charge is 0.481 e. The number of nitrogens with one attached hydrogen (secondary N) is 2. The number of carbonyl (C=O) groups is 4. The number of hydrogen-bond acceptors (Lipinski definition) is 5. The summed E-state index contributed by atoms with van der Waals surface area (Å²) in [5, 5.41) is 16.4. The number of carbonyl (C=O) groups excluding carboxylic acids is 3. The molecule has 3 rings (SSSR count). The lowest BCUT2D eigenvalue weighted by Crippen LogP contribution is -2.52. The van der Waals surface area contributed by atoms with Gasteiger partial charge in [0.05, 0.1) is 13.0 Å². The first-order chi connectivity index (χ1) is 17.2. The van der Waals surface area contributed by atoms with Crippen molar-refractivity contribution in [3.05, 3.63) is 36.0 Å². The maximum Gasteiger partial charge on any atom is 0.320 e. The molecule has 1 aliphatic rings. The lowest BCUT2D eigenvalue weighted by Gasteiger charge is -2.26. The second kappa shape index (κ2) is 12.6. The number of benzene rings is 1. The highest BCUT2D eigenvalue weighted by atomic mass is 16.5. The number of para-hydroxylation sites is 1. The summed E-state index contributed by atoms with van der Waals surface area (Å²) in [6.45, 7) is 5.06. The predicted molar refractivity (Wildman–Crippen MR) is 135 cm³/mol. The molecule has 1 aliphatic heterocycles. The molecule has 36 heavy (non-hydrogen) atoms. The number of methoxy groups -OCH3 is 1. The van der Waals surface area contributed by atoms with E-state index in [0.29, 0.717) is 6.54 Å². The first kappa shape index (κ1) is 27.2. The maximum atomic E-state index is 13.4. The number of ether oxygens (including phenoxy) is 1. The van der Waals surface area contributed by atoms with Gasteiger partial charge in [-0.05, 0) is 36.8 Å². The number of rotatable bonds is 7. The zero-order valence-electron chi connectivity index (χ0n) is 21.3. The second-order valence-corrected chi connectivity index (χ2v) is 9.91. The quantitative estimate of drug-likeness (QED) is 0.397. The van der Waals surface area contributed by atoms with Gasteiger partial charge in [-0.25, -0.2) is 0 Å². The van der Waals surface area contributed by atoms with Crippen LogP contribution in [0.3, 0.4) is 0 Å². The zero-order chi connectivity index (χ0) is 26.2. The standard InChI is InChI=1S/C27H37N3O6/c1-17(2)14-20(23(26(33)34)27(35)36-3)24(31)29-21-15-18-16-30(22-11-7-6-10-19(18)22)13-9-5-4-8-12-28-25(21)32/h6-7,10-11,16-17,20-21,23H,4-5,8-9,12-15H2,1-3H3,(H,28,32)(H,29,31)(H,33,34)/t20-,21+,23?/m1/s1. The molecule has 3 atom stereocenters. The summed E-state index contributed by atoms with van der Waals surface area (Å²) >= 11 is 0. The Bertz CT molecular complexity index is 1090. The summed E-state index contributed by atoms with van der Waals surface area (Å²) < 4.78 is 6.88. The van der Waals surface area contributed by atoms with Gasteiger partial charge in [-0.1, -0.05) is 44.9 Å². The van der Waals surface area contributed by atoms with Gasteiger partial charge < -0.3 is 25.0 Å². The molecule has 0 aliphatic carbocycles. The number of fused-ring (bicyclic) bond motifs is 5. The molecule has 196 valence electrons. The Morgan fingerprint density at radius 2 is 1.89 bits per heavy atom. The van der Waals surface area contributed by atoms with E-state index in [9.17, 15) is 24.3 Å². The number of carboxylic acids is 1. The summed E-state index contributed by atoms with van der Waals surface area (Å²) in [6.07, 6.45) is 6.35. The van der Waals surface area contributed by atoms with Crippen molar-refractivity contribution in [1.82, 2.24) is 15.2 Å². The third-order valence-electron chi connectivity index (χ3n) is 6.74. The van der Waals surface area contributed by atoms with E-state index in [2.05, 4.69) is 19.9 Å². The van der Waals surface area contributed by atoms with Gasteiger partial charge in [-0.15, -0.1) is 0 Å². The van der Waals surface area contributed by atoms with Gasteiger partial charge in [0.1, 0.15) is 6.04 Å². The SMILES string of the molecule is COC(=O)C(C(=O)O)[C@@H](CC(C)C)C(=O)N[C@H]1Cc2cn(c3ccccc23)CCCCCCNC1=O. The van der Waals surface area contributed by atoms with Crippen molar-refractivity contribution < 1.29 is 29.0 Å². The molecule has 0 radical (unpaired) electrons. The summed E-state index contributed by atoms with van der Waals surface area (Å²) in [7, 11) is 1.10. The van der Waals surface area contributed by atoms with Crippen LogP contribution in [0.1, 0.15) is 51.5 Å². The molecule has 1 aromatic heterocycles.